The van der Waals surface area contributed by atoms with Crippen LogP contribution in [0.25, 0.3) is 11.0 Å². The Hall–Kier alpha value is -2.58. The third-order valence-electron chi connectivity index (χ3n) is 4.17. The van der Waals surface area contributed by atoms with Crippen LogP contribution in [0.5, 0.6) is 0 Å². The first kappa shape index (κ1) is 18.8. The van der Waals surface area contributed by atoms with Crippen molar-refractivity contribution in [2.24, 2.45) is 0 Å². The van der Waals surface area contributed by atoms with E-state index >= 15 is 0 Å². The van der Waals surface area contributed by atoms with Crippen LogP contribution in [0.2, 0.25) is 0 Å². The number of fused-ring (bicyclic) bond motifs is 1. The molecular formula is C21H19N2O3S2+. The minimum Gasteiger partial charge on any atom is -0.445 e. The molecule has 28 heavy (non-hydrogen) atoms. The van der Waals surface area contributed by atoms with Gasteiger partial charge in [-0.2, -0.15) is 5.48 Å². The zero-order chi connectivity index (χ0) is 19.3. The van der Waals surface area contributed by atoms with Gasteiger partial charge in [0, 0.05) is 34.2 Å². The zero-order valence-corrected chi connectivity index (χ0v) is 16.5. The summed E-state index contributed by atoms with van der Waals surface area (Å²) in [6, 6.07) is 24.9. The molecule has 4 rings (SSSR count). The minimum atomic E-state index is -1.50. The third kappa shape index (κ3) is 4.28. The van der Waals surface area contributed by atoms with Gasteiger partial charge in [0.1, 0.15) is 5.58 Å². The predicted octanol–water partition coefficient (Wildman–Crippen LogP) is 4.44. The molecule has 1 unspecified atom stereocenters. The average molecular weight is 412 g/mol. The molecule has 0 fully saturated rings. The van der Waals surface area contributed by atoms with Gasteiger partial charge in [0.25, 0.3) is 0 Å². The number of hydrogen-bond donors (Lipinski definition) is 3. The first-order chi connectivity index (χ1) is 13.7. The van der Waals surface area contributed by atoms with Gasteiger partial charge in [-0.1, -0.05) is 42.5 Å². The summed E-state index contributed by atoms with van der Waals surface area (Å²) in [5.74, 6) is 0.734. The fraction of sp³-hybridized carbons (Fsp3) is 0.0476. The molecule has 0 bridgehead atoms. The smallest absolute Gasteiger partial charge is 0.212 e. The summed E-state index contributed by atoms with van der Waals surface area (Å²) >= 11 is 1.64. The lowest BCUT2D eigenvalue weighted by molar-refractivity contribution is -0.825. The largest absolute Gasteiger partial charge is 0.445 e. The molecule has 7 heteroatoms. The van der Waals surface area contributed by atoms with Crippen LogP contribution in [0.15, 0.2) is 93.3 Å². The molecule has 0 saturated heterocycles. The second-order valence-electron chi connectivity index (χ2n) is 6.13. The lowest BCUT2D eigenvalue weighted by atomic mass is 10.2. The maximum atomic E-state index is 12.8. The second kappa shape index (κ2) is 8.62. The van der Waals surface area contributed by atoms with Crippen molar-refractivity contribution in [3.8, 4) is 0 Å². The summed E-state index contributed by atoms with van der Waals surface area (Å²) in [6.45, 7) is 0. The number of anilines is 1. The van der Waals surface area contributed by atoms with E-state index in [1.165, 1.54) is 0 Å². The lowest BCUT2D eigenvalue weighted by Crippen LogP contribution is -2.73. The van der Waals surface area contributed by atoms with Crippen LogP contribution in [0, 0.1) is 0 Å². The van der Waals surface area contributed by atoms with E-state index in [4.69, 9.17) is 9.62 Å². The van der Waals surface area contributed by atoms with Crippen LogP contribution in [-0.2, 0) is 16.7 Å². The van der Waals surface area contributed by atoms with E-state index in [2.05, 4.69) is 4.72 Å². The third-order valence-corrected chi connectivity index (χ3v) is 6.29. The van der Waals surface area contributed by atoms with Crippen molar-refractivity contribution in [3.63, 3.8) is 0 Å². The van der Waals surface area contributed by atoms with E-state index in [1.54, 1.807) is 17.8 Å². The Kier molecular flexibility index (Phi) is 5.78. The van der Waals surface area contributed by atoms with Crippen LogP contribution in [0.1, 0.15) is 5.56 Å². The maximum Gasteiger partial charge on any atom is 0.212 e. The molecule has 0 amide bonds. The van der Waals surface area contributed by atoms with Crippen LogP contribution in [0.3, 0.4) is 0 Å². The summed E-state index contributed by atoms with van der Waals surface area (Å²) in [6.07, 6.45) is 0. The summed E-state index contributed by atoms with van der Waals surface area (Å²) in [5.41, 5.74) is 4.48. The summed E-state index contributed by atoms with van der Waals surface area (Å²) < 4.78 is 21.5. The van der Waals surface area contributed by atoms with Crippen LogP contribution >= 0.6 is 11.8 Å². The molecule has 1 atom stereocenters. The molecule has 0 spiro atoms. The SMILES string of the molecule is O=S(Nc1ccccc1SCc1cccc([NH2+]O)c1)c1cc2ccccc2o1. The zero-order valence-electron chi connectivity index (χ0n) is 14.9. The van der Waals surface area contributed by atoms with Crippen molar-refractivity contribution in [1.29, 1.82) is 0 Å². The Morgan fingerprint density at radius 1 is 1.00 bits per heavy atom. The van der Waals surface area contributed by atoms with Crippen molar-refractivity contribution in [2.75, 3.05) is 4.72 Å². The maximum absolute atomic E-state index is 12.8. The van der Waals surface area contributed by atoms with Gasteiger partial charge < -0.3 is 4.42 Å². The number of thioether (sulfide) groups is 1. The standard InChI is InChI=1S/C21H18N2O3S2/c24-22-17-8-5-6-15(12-17)14-27-20-11-4-2-9-18(20)23-28(25)21-13-16-7-1-3-10-19(16)26-21/h1-13,22-24H,14H2/p+1. The van der Waals surface area contributed by atoms with Gasteiger partial charge in [-0.15, -0.1) is 11.8 Å². The number of hydrogen-bond acceptors (Lipinski definition) is 4. The van der Waals surface area contributed by atoms with E-state index in [-0.39, 0.29) is 0 Å². The van der Waals surface area contributed by atoms with Crippen molar-refractivity contribution < 1.29 is 19.3 Å². The highest BCUT2D eigenvalue weighted by Gasteiger charge is 2.13. The van der Waals surface area contributed by atoms with E-state index in [1.807, 2.05) is 72.8 Å². The molecule has 0 aliphatic carbocycles. The molecular weight excluding hydrogens is 392 g/mol. The molecule has 0 radical (unpaired) electrons. The second-order valence-corrected chi connectivity index (χ2v) is 8.29. The van der Waals surface area contributed by atoms with E-state index < -0.39 is 11.0 Å². The first-order valence-electron chi connectivity index (χ1n) is 8.68. The molecule has 1 aromatic heterocycles. The van der Waals surface area contributed by atoms with E-state index in [0.29, 0.717) is 5.09 Å². The Morgan fingerprint density at radius 2 is 1.82 bits per heavy atom. The Labute approximate surface area is 169 Å². The fourth-order valence-corrected chi connectivity index (χ4v) is 4.69. The number of benzene rings is 3. The van der Waals surface area contributed by atoms with Crippen molar-refractivity contribution in [3.05, 3.63) is 84.4 Å². The highest BCUT2D eigenvalue weighted by Crippen LogP contribution is 2.31. The summed E-state index contributed by atoms with van der Waals surface area (Å²) in [4.78, 5) is 0.991. The number of para-hydroxylation sites is 2. The van der Waals surface area contributed by atoms with Gasteiger partial charge in [0.15, 0.2) is 16.7 Å². The highest BCUT2D eigenvalue weighted by atomic mass is 32.2. The van der Waals surface area contributed by atoms with Crippen LogP contribution in [0.4, 0.5) is 11.4 Å². The molecule has 3 aromatic carbocycles. The summed E-state index contributed by atoms with van der Waals surface area (Å²) in [5, 5.41) is 10.5. The highest BCUT2D eigenvalue weighted by molar-refractivity contribution is 7.98. The van der Waals surface area contributed by atoms with Gasteiger partial charge in [-0.3, -0.25) is 4.72 Å². The first-order valence-corrected chi connectivity index (χ1v) is 10.8. The van der Waals surface area contributed by atoms with Gasteiger partial charge in [-0.05, 0) is 23.8 Å². The predicted molar refractivity (Wildman–Crippen MR) is 112 cm³/mol. The molecule has 0 aliphatic heterocycles. The molecule has 4 N–H and O–H groups in total. The van der Waals surface area contributed by atoms with Gasteiger partial charge in [-0.25, -0.2) is 9.42 Å². The molecule has 0 aliphatic rings. The Balaban J connectivity index is 1.49. The fourth-order valence-electron chi connectivity index (χ4n) is 2.80. The quantitative estimate of drug-likeness (QED) is 0.239. The van der Waals surface area contributed by atoms with E-state index in [9.17, 15) is 4.21 Å². The van der Waals surface area contributed by atoms with Crippen molar-refractivity contribution >= 4 is 45.1 Å². The average Bonchev–Trinajstić information content (AvgIpc) is 3.18. The topological polar surface area (TPSA) is 79.1 Å². The molecule has 1 heterocycles. The van der Waals surface area contributed by atoms with Crippen LogP contribution in [-0.4, -0.2) is 9.42 Å². The molecule has 5 nitrogen and oxygen atoms in total. The van der Waals surface area contributed by atoms with Crippen molar-refractivity contribution in [2.45, 2.75) is 15.7 Å². The Bertz CT molecular complexity index is 1090. The van der Waals surface area contributed by atoms with Gasteiger partial charge in [0.05, 0.1) is 5.69 Å². The number of furan rings is 1. The Morgan fingerprint density at radius 3 is 2.68 bits per heavy atom. The van der Waals surface area contributed by atoms with E-state index in [0.717, 1.165) is 44.0 Å². The lowest BCUT2D eigenvalue weighted by Gasteiger charge is -2.10. The monoisotopic (exact) mass is 411 g/mol. The number of quaternary nitrogens is 1. The number of nitrogens with one attached hydrogen (secondary N) is 1. The van der Waals surface area contributed by atoms with Crippen LogP contribution < -0.4 is 10.2 Å². The molecule has 4 aromatic rings. The van der Waals surface area contributed by atoms with Gasteiger partial charge >= 0.3 is 0 Å². The number of rotatable bonds is 7. The van der Waals surface area contributed by atoms with Gasteiger partial charge in [0.2, 0.25) is 5.09 Å². The normalized spacial score (nSPS) is 12.2. The molecule has 0 saturated carbocycles. The minimum absolute atomic E-state index is 0.396. The summed E-state index contributed by atoms with van der Waals surface area (Å²) in [7, 11) is -1.50. The number of nitrogens with two attached hydrogens (primary N) is 1. The molecule has 142 valence electrons. The van der Waals surface area contributed by atoms with Crippen molar-refractivity contribution in [1.82, 2.24) is 0 Å².